The van der Waals surface area contributed by atoms with Crippen molar-refractivity contribution in [3.05, 3.63) is 0 Å². The molecule has 6 nitrogen and oxygen atoms in total. The molecule has 1 saturated heterocycles. The van der Waals surface area contributed by atoms with Gasteiger partial charge in [0.05, 0.1) is 6.42 Å². The van der Waals surface area contributed by atoms with Gasteiger partial charge in [0.1, 0.15) is 5.84 Å². The van der Waals surface area contributed by atoms with Crippen LogP contribution in [0, 0.1) is 0 Å². The molecule has 0 bridgehead atoms. The van der Waals surface area contributed by atoms with Crippen molar-refractivity contribution in [2.45, 2.75) is 31.7 Å². The van der Waals surface area contributed by atoms with Crippen LogP contribution in [0.25, 0.3) is 0 Å². The molecular weight excluding hydrogens is 198 g/mol. The van der Waals surface area contributed by atoms with Crippen molar-refractivity contribution in [3.63, 3.8) is 0 Å². The van der Waals surface area contributed by atoms with E-state index in [1.54, 1.807) is 0 Å². The van der Waals surface area contributed by atoms with Crippen molar-refractivity contribution in [2.24, 2.45) is 10.9 Å². The van der Waals surface area contributed by atoms with Gasteiger partial charge in [0, 0.05) is 18.8 Å². The molecule has 0 aliphatic carbocycles. The third-order valence-electron chi connectivity index (χ3n) is 2.51. The molecule has 15 heavy (non-hydrogen) atoms. The maximum Gasteiger partial charge on any atom is 0.228 e. The number of rotatable bonds is 3. The van der Waals surface area contributed by atoms with Crippen molar-refractivity contribution in [1.82, 2.24) is 5.32 Å². The van der Waals surface area contributed by atoms with Crippen LogP contribution in [0.3, 0.4) is 0 Å². The lowest BCUT2D eigenvalue weighted by Crippen LogP contribution is -2.50. The second-order valence-corrected chi connectivity index (χ2v) is 3.99. The van der Waals surface area contributed by atoms with Crippen LogP contribution in [0.1, 0.15) is 26.2 Å². The summed E-state index contributed by atoms with van der Waals surface area (Å²) in [6.07, 6.45) is 1.50. The normalized spacial score (nSPS) is 21.0. The van der Waals surface area contributed by atoms with E-state index in [-0.39, 0.29) is 23.7 Å². The molecule has 4 N–H and O–H groups in total. The highest BCUT2D eigenvalue weighted by Gasteiger charge is 2.28. The van der Waals surface area contributed by atoms with E-state index < -0.39 is 0 Å². The Morgan fingerprint density at radius 2 is 2.20 bits per heavy atom. The SMILES string of the molecule is CC1(NC(=O)CC(N)=NO)CCOCC1. The van der Waals surface area contributed by atoms with Gasteiger partial charge in [0.15, 0.2) is 0 Å². The number of hydrogen-bond acceptors (Lipinski definition) is 4. The van der Waals surface area contributed by atoms with Crippen molar-refractivity contribution < 1.29 is 14.7 Å². The zero-order valence-electron chi connectivity index (χ0n) is 8.82. The van der Waals surface area contributed by atoms with E-state index in [9.17, 15) is 4.79 Å². The summed E-state index contributed by atoms with van der Waals surface area (Å²) in [7, 11) is 0. The summed E-state index contributed by atoms with van der Waals surface area (Å²) in [4.78, 5) is 11.5. The number of oxime groups is 1. The highest BCUT2D eigenvalue weighted by molar-refractivity contribution is 5.98. The number of ether oxygens (including phenoxy) is 1. The Morgan fingerprint density at radius 3 is 2.73 bits per heavy atom. The topological polar surface area (TPSA) is 96.9 Å². The van der Waals surface area contributed by atoms with Crippen LogP contribution in [0.2, 0.25) is 0 Å². The highest BCUT2D eigenvalue weighted by Crippen LogP contribution is 2.19. The first-order valence-electron chi connectivity index (χ1n) is 4.91. The average molecular weight is 215 g/mol. The lowest BCUT2D eigenvalue weighted by molar-refractivity contribution is -0.122. The summed E-state index contributed by atoms with van der Waals surface area (Å²) in [5, 5.41) is 13.9. The third kappa shape index (κ3) is 3.75. The Bertz CT molecular complexity index is 259. The molecule has 6 heteroatoms. The predicted octanol–water partition coefficient (Wildman–Crippen LogP) is -0.192. The number of nitrogens with one attached hydrogen (secondary N) is 1. The third-order valence-corrected chi connectivity index (χ3v) is 2.51. The molecule has 1 aliphatic heterocycles. The van der Waals surface area contributed by atoms with Gasteiger partial charge in [0.2, 0.25) is 5.91 Å². The number of nitrogens with two attached hydrogens (primary N) is 1. The van der Waals surface area contributed by atoms with E-state index in [0.29, 0.717) is 13.2 Å². The number of amides is 1. The van der Waals surface area contributed by atoms with Gasteiger partial charge in [-0.1, -0.05) is 5.16 Å². The Morgan fingerprint density at radius 1 is 1.60 bits per heavy atom. The quantitative estimate of drug-likeness (QED) is 0.263. The van der Waals surface area contributed by atoms with Crippen LogP contribution in [-0.4, -0.2) is 35.7 Å². The average Bonchev–Trinajstić information content (AvgIpc) is 2.17. The van der Waals surface area contributed by atoms with Gasteiger partial charge in [-0.15, -0.1) is 0 Å². The molecule has 0 aromatic heterocycles. The smallest absolute Gasteiger partial charge is 0.228 e. The Balaban J connectivity index is 2.42. The van der Waals surface area contributed by atoms with E-state index in [4.69, 9.17) is 15.7 Å². The first-order chi connectivity index (χ1) is 7.06. The maximum absolute atomic E-state index is 11.5. The molecule has 1 aliphatic rings. The van der Waals surface area contributed by atoms with Crippen molar-refractivity contribution in [3.8, 4) is 0 Å². The van der Waals surface area contributed by atoms with Crippen molar-refractivity contribution in [2.75, 3.05) is 13.2 Å². The fraction of sp³-hybridized carbons (Fsp3) is 0.778. The molecular formula is C9H17N3O3. The van der Waals surface area contributed by atoms with E-state index >= 15 is 0 Å². The number of carbonyl (C=O) groups is 1. The summed E-state index contributed by atoms with van der Waals surface area (Å²) < 4.78 is 5.21. The summed E-state index contributed by atoms with van der Waals surface area (Å²) in [6.45, 7) is 3.28. The van der Waals surface area contributed by atoms with Crippen LogP contribution in [0.4, 0.5) is 0 Å². The fourth-order valence-electron chi connectivity index (χ4n) is 1.53. The minimum Gasteiger partial charge on any atom is -0.409 e. The molecule has 1 heterocycles. The van der Waals surface area contributed by atoms with Gasteiger partial charge in [-0.25, -0.2) is 0 Å². The molecule has 0 aromatic carbocycles. The Hall–Kier alpha value is -1.30. The largest absolute Gasteiger partial charge is 0.409 e. The van der Waals surface area contributed by atoms with E-state index in [2.05, 4.69) is 10.5 Å². The van der Waals surface area contributed by atoms with Gasteiger partial charge in [-0.3, -0.25) is 4.79 Å². The number of hydrogen-bond donors (Lipinski definition) is 3. The lowest BCUT2D eigenvalue weighted by atomic mass is 9.92. The van der Waals surface area contributed by atoms with E-state index in [1.165, 1.54) is 0 Å². The van der Waals surface area contributed by atoms with Gasteiger partial charge < -0.3 is 21.0 Å². The fourth-order valence-corrected chi connectivity index (χ4v) is 1.53. The summed E-state index contributed by atoms with van der Waals surface area (Å²) in [5.74, 6) is -0.308. The summed E-state index contributed by atoms with van der Waals surface area (Å²) in [5.41, 5.74) is 5.01. The van der Waals surface area contributed by atoms with Gasteiger partial charge in [-0.05, 0) is 19.8 Å². The number of amidine groups is 1. The van der Waals surface area contributed by atoms with E-state index in [1.807, 2.05) is 6.92 Å². The Labute approximate surface area is 88.5 Å². The van der Waals surface area contributed by atoms with Crippen molar-refractivity contribution in [1.29, 1.82) is 0 Å². The monoisotopic (exact) mass is 215 g/mol. The molecule has 0 radical (unpaired) electrons. The summed E-state index contributed by atoms with van der Waals surface area (Å²) in [6, 6.07) is 0. The first kappa shape index (κ1) is 11.8. The van der Waals surface area contributed by atoms with Gasteiger partial charge >= 0.3 is 0 Å². The molecule has 1 amide bonds. The molecule has 0 atom stereocenters. The van der Waals surface area contributed by atoms with Gasteiger partial charge in [-0.2, -0.15) is 0 Å². The zero-order valence-corrected chi connectivity index (χ0v) is 8.82. The first-order valence-corrected chi connectivity index (χ1v) is 4.91. The molecule has 0 unspecified atom stereocenters. The standard InChI is InChI=1S/C9H17N3O3/c1-9(2-4-15-5-3-9)11-8(13)6-7(10)12-14/h14H,2-6H2,1H3,(H2,10,12)(H,11,13). The molecule has 0 aromatic rings. The zero-order chi connectivity index (χ0) is 11.3. The minimum atomic E-state index is -0.231. The second-order valence-electron chi connectivity index (χ2n) is 3.99. The summed E-state index contributed by atoms with van der Waals surface area (Å²) >= 11 is 0. The van der Waals surface area contributed by atoms with Crippen LogP contribution in [-0.2, 0) is 9.53 Å². The van der Waals surface area contributed by atoms with Crippen LogP contribution in [0.5, 0.6) is 0 Å². The second kappa shape index (κ2) is 4.97. The molecule has 0 spiro atoms. The number of carbonyl (C=O) groups excluding carboxylic acids is 1. The Kier molecular flexibility index (Phi) is 3.90. The highest BCUT2D eigenvalue weighted by atomic mass is 16.5. The molecule has 1 fully saturated rings. The van der Waals surface area contributed by atoms with E-state index in [0.717, 1.165) is 12.8 Å². The van der Waals surface area contributed by atoms with Gasteiger partial charge in [0.25, 0.3) is 0 Å². The lowest BCUT2D eigenvalue weighted by Gasteiger charge is -2.34. The minimum absolute atomic E-state index is 0.0764. The van der Waals surface area contributed by atoms with Crippen LogP contribution < -0.4 is 11.1 Å². The predicted molar refractivity (Wildman–Crippen MR) is 54.6 cm³/mol. The number of nitrogens with zero attached hydrogens (tertiary/aromatic N) is 1. The van der Waals surface area contributed by atoms with Crippen LogP contribution >= 0.6 is 0 Å². The van der Waals surface area contributed by atoms with Crippen molar-refractivity contribution >= 4 is 11.7 Å². The van der Waals surface area contributed by atoms with Crippen LogP contribution in [0.15, 0.2) is 5.16 Å². The maximum atomic E-state index is 11.5. The molecule has 86 valence electrons. The molecule has 0 saturated carbocycles. The molecule has 1 rings (SSSR count).